The van der Waals surface area contributed by atoms with Crippen molar-refractivity contribution in [3.05, 3.63) is 35.1 Å². The zero-order valence-corrected chi connectivity index (χ0v) is 15.4. The summed E-state index contributed by atoms with van der Waals surface area (Å²) in [6.07, 6.45) is -0.298. The van der Waals surface area contributed by atoms with Crippen LogP contribution in [-0.4, -0.2) is 33.1 Å². The molecule has 0 saturated heterocycles. The highest BCUT2D eigenvalue weighted by Crippen LogP contribution is 2.26. The van der Waals surface area contributed by atoms with Crippen molar-refractivity contribution in [3.63, 3.8) is 0 Å². The summed E-state index contributed by atoms with van der Waals surface area (Å²) >= 11 is 7.28. The number of halogens is 1. The van der Waals surface area contributed by atoms with E-state index in [2.05, 4.69) is 10.2 Å². The van der Waals surface area contributed by atoms with Gasteiger partial charge in [-0.25, -0.2) is 0 Å². The summed E-state index contributed by atoms with van der Waals surface area (Å²) in [5, 5.41) is 9.65. The Hall–Kier alpha value is -1.73. The number of thioether (sulfide) groups is 1. The molecular formula is C16H20ClN3O3S. The van der Waals surface area contributed by atoms with E-state index >= 15 is 0 Å². The second kappa shape index (κ2) is 8.94. The summed E-state index contributed by atoms with van der Waals surface area (Å²) in [6, 6.07) is 7.21. The zero-order valence-electron chi connectivity index (χ0n) is 13.9. The van der Waals surface area contributed by atoms with Gasteiger partial charge in [0, 0.05) is 11.6 Å². The van der Waals surface area contributed by atoms with Gasteiger partial charge in [-0.2, -0.15) is 0 Å². The molecule has 0 amide bonds. The maximum Gasteiger partial charge on any atom is 0.316 e. The minimum absolute atomic E-state index is 0.204. The molecule has 1 aromatic heterocycles. The molecule has 0 aliphatic heterocycles. The Bertz CT molecular complexity index is 693. The van der Waals surface area contributed by atoms with Crippen LogP contribution in [0.2, 0.25) is 5.02 Å². The van der Waals surface area contributed by atoms with E-state index in [0.29, 0.717) is 34.9 Å². The van der Waals surface area contributed by atoms with E-state index in [1.54, 1.807) is 19.1 Å². The molecule has 0 bridgehead atoms. The van der Waals surface area contributed by atoms with Gasteiger partial charge in [0.2, 0.25) is 0 Å². The largest absolute Gasteiger partial charge is 0.483 e. The summed E-state index contributed by atoms with van der Waals surface area (Å²) in [5.41, 5.74) is 0. The predicted octanol–water partition coefficient (Wildman–Crippen LogP) is 3.75. The lowest BCUT2D eigenvalue weighted by Crippen LogP contribution is -2.12. The molecule has 2 aromatic rings. The van der Waals surface area contributed by atoms with Crippen molar-refractivity contribution in [2.24, 2.45) is 0 Å². The van der Waals surface area contributed by atoms with Crippen molar-refractivity contribution >= 4 is 29.3 Å². The van der Waals surface area contributed by atoms with Crippen LogP contribution in [0.1, 0.15) is 32.7 Å². The van der Waals surface area contributed by atoms with Gasteiger partial charge in [0.25, 0.3) is 0 Å². The summed E-state index contributed by atoms with van der Waals surface area (Å²) in [6.45, 7) is 6.72. The molecule has 130 valence electrons. The third-order valence-corrected chi connectivity index (χ3v) is 4.33. The number of benzene rings is 1. The van der Waals surface area contributed by atoms with Crippen LogP contribution in [0, 0.1) is 0 Å². The molecule has 0 aliphatic carbocycles. The SMILES string of the molecule is CCOC(=O)CSc1nnc(C(C)Oc2cccc(Cl)c2)n1CC. The van der Waals surface area contributed by atoms with E-state index in [1.807, 2.05) is 30.5 Å². The van der Waals surface area contributed by atoms with Gasteiger partial charge in [-0.3, -0.25) is 4.79 Å². The Labute approximate surface area is 150 Å². The number of aromatic nitrogens is 3. The second-order valence-corrected chi connectivity index (χ2v) is 6.28. The molecule has 1 unspecified atom stereocenters. The molecule has 0 spiro atoms. The maximum absolute atomic E-state index is 11.5. The fourth-order valence-corrected chi connectivity index (χ4v) is 3.12. The zero-order chi connectivity index (χ0) is 17.5. The summed E-state index contributed by atoms with van der Waals surface area (Å²) in [7, 11) is 0. The van der Waals surface area contributed by atoms with Gasteiger partial charge in [-0.15, -0.1) is 10.2 Å². The van der Waals surface area contributed by atoms with Gasteiger partial charge in [-0.1, -0.05) is 29.4 Å². The Balaban J connectivity index is 2.08. The minimum Gasteiger partial charge on any atom is -0.483 e. The summed E-state index contributed by atoms with van der Waals surface area (Å²) in [5.74, 6) is 1.30. The van der Waals surface area contributed by atoms with Crippen molar-refractivity contribution in [3.8, 4) is 5.75 Å². The summed E-state index contributed by atoms with van der Waals surface area (Å²) in [4.78, 5) is 11.5. The quantitative estimate of drug-likeness (QED) is 0.521. The van der Waals surface area contributed by atoms with Crippen LogP contribution < -0.4 is 4.74 Å². The van der Waals surface area contributed by atoms with Crippen LogP contribution in [0.5, 0.6) is 5.75 Å². The Kier molecular flexibility index (Phi) is 6.93. The van der Waals surface area contributed by atoms with E-state index in [1.165, 1.54) is 11.8 Å². The van der Waals surface area contributed by atoms with Gasteiger partial charge in [0.1, 0.15) is 5.75 Å². The molecule has 0 radical (unpaired) electrons. The second-order valence-electron chi connectivity index (χ2n) is 4.90. The van der Waals surface area contributed by atoms with E-state index in [4.69, 9.17) is 21.1 Å². The Morgan fingerprint density at radius 1 is 1.38 bits per heavy atom. The van der Waals surface area contributed by atoms with E-state index in [-0.39, 0.29) is 17.8 Å². The van der Waals surface area contributed by atoms with Crippen LogP contribution in [0.15, 0.2) is 29.4 Å². The summed E-state index contributed by atoms with van der Waals surface area (Å²) < 4.78 is 12.7. The number of carbonyl (C=O) groups excluding carboxylic acids is 1. The molecular weight excluding hydrogens is 350 g/mol. The minimum atomic E-state index is -0.298. The lowest BCUT2D eigenvalue weighted by Gasteiger charge is -2.15. The van der Waals surface area contributed by atoms with Crippen molar-refractivity contribution in [2.75, 3.05) is 12.4 Å². The fourth-order valence-electron chi connectivity index (χ4n) is 2.13. The number of rotatable bonds is 8. The predicted molar refractivity (Wildman–Crippen MR) is 93.5 cm³/mol. The number of hydrogen-bond donors (Lipinski definition) is 0. The highest BCUT2D eigenvalue weighted by atomic mass is 35.5. The van der Waals surface area contributed by atoms with Crippen molar-refractivity contribution in [1.82, 2.24) is 14.8 Å². The number of nitrogens with zero attached hydrogens (tertiary/aromatic N) is 3. The fraction of sp³-hybridized carbons (Fsp3) is 0.438. The van der Waals surface area contributed by atoms with Gasteiger partial charge in [0.05, 0.1) is 12.4 Å². The third kappa shape index (κ3) is 4.88. The topological polar surface area (TPSA) is 66.2 Å². The van der Waals surface area contributed by atoms with Gasteiger partial charge >= 0.3 is 5.97 Å². The first-order valence-corrected chi connectivity index (χ1v) is 9.05. The van der Waals surface area contributed by atoms with Crippen LogP contribution in [0.3, 0.4) is 0 Å². The molecule has 0 N–H and O–H groups in total. The monoisotopic (exact) mass is 369 g/mol. The highest BCUT2D eigenvalue weighted by molar-refractivity contribution is 7.99. The molecule has 0 aliphatic rings. The number of esters is 1. The van der Waals surface area contributed by atoms with Gasteiger partial charge in [-0.05, 0) is 39.0 Å². The average Bonchev–Trinajstić information content (AvgIpc) is 2.96. The van der Waals surface area contributed by atoms with Crippen molar-refractivity contribution in [2.45, 2.75) is 38.6 Å². The normalized spacial score (nSPS) is 12.0. The van der Waals surface area contributed by atoms with Crippen LogP contribution >= 0.6 is 23.4 Å². The average molecular weight is 370 g/mol. The Morgan fingerprint density at radius 3 is 2.83 bits per heavy atom. The smallest absolute Gasteiger partial charge is 0.316 e. The lowest BCUT2D eigenvalue weighted by atomic mass is 10.3. The maximum atomic E-state index is 11.5. The first-order valence-electron chi connectivity index (χ1n) is 7.68. The third-order valence-electron chi connectivity index (χ3n) is 3.16. The molecule has 0 fully saturated rings. The standard InChI is InChI=1S/C16H20ClN3O3S/c1-4-20-15(11(3)23-13-8-6-7-12(17)9-13)18-19-16(20)24-10-14(21)22-5-2/h6-9,11H,4-5,10H2,1-3H3. The first kappa shape index (κ1) is 18.6. The lowest BCUT2D eigenvalue weighted by molar-refractivity contribution is -0.139. The van der Waals surface area contributed by atoms with Gasteiger partial charge in [0.15, 0.2) is 17.1 Å². The van der Waals surface area contributed by atoms with E-state index in [0.717, 1.165) is 0 Å². The molecule has 0 saturated carbocycles. The van der Waals surface area contributed by atoms with E-state index in [9.17, 15) is 4.79 Å². The van der Waals surface area contributed by atoms with Gasteiger partial charge < -0.3 is 14.0 Å². The number of carbonyl (C=O) groups is 1. The van der Waals surface area contributed by atoms with Crippen molar-refractivity contribution in [1.29, 1.82) is 0 Å². The first-order chi connectivity index (χ1) is 11.5. The number of ether oxygens (including phenoxy) is 2. The molecule has 1 atom stereocenters. The highest BCUT2D eigenvalue weighted by Gasteiger charge is 2.19. The number of hydrogen-bond acceptors (Lipinski definition) is 6. The van der Waals surface area contributed by atoms with Crippen LogP contribution in [-0.2, 0) is 16.1 Å². The molecule has 8 heteroatoms. The molecule has 24 heavy (non-hydrogen) atoms. The van der Waals surface area contributed by atoms with Crippen LogP contribution in [0.25, 0.3) is 0 Å². The van der Waals surface area contributed by atoms with Crippen molar-refractivity contribution < 1.29 is 14.3 Å². The molecule has 2 rings (SSSR count). The molecule has 1 heterocycles. The van der Waals surface area contributed by atoms with E-state index < -0.39 is 0 Å². The Morgan fingerprint density at radius 2 is 2.17 bits per heavy atom. The van der Waals surface area contributed by atoms with Crippen LogP contribution in [0.4, 0.5) is 0 Å². The molecule has 6 nitrogen and oxygen atoms in total. The molecule has 1 aromatic carbocycles.